The molecule has 7 nitrogen and oxygen atoms in total. The molecule has 2 aromatic rings. The van der Waals surface area contributed by atoms with Crippen molar-refractivity contribution >= 4 is 0 Å². The van der Waals surface area contributed by atoms with Crippen molar-refractivity contribution in [3.63, 3.8) is 0 Å². The predicted octanol–water partition coefficient (Wildman–Crippen LogP) is 1.13. The number of pyridine rings is 1. The van der Waals surface area contributed by atoms with Crippen LogP contribution in [0.5, 0.6) is 5.88 Å². The van der Waals surface area contributed by atoms with Crippen molar-refractivity contribution in [3.05, 3.63) is 36.5 Å². The van der Waals surface area contributed by atoms with Gasteiger partial charge in [-0.3, -0.25) is 4.90 Å². The minimum absolute atomic E-state index is 0.0450. The van der Waals surface area contributed by atoms with E-state index < -0.39 is 0 Å². The highest BCUT2D eigenvalue weighted by Crippen LogP contribution is 2.41. The largest absolute Gasteiger partial charge is 0.481 e. The Morgan fingerprint density at radius 3 is 2.83 bits per heavy atom. The van der Waals surface area contributed by atoms with Gasteiger partial charge in [-0.1, -0.05) is 6.07 Å². The van der Waals surface area contributed by atoms with Crippen molar-refractivity contribution in [1.82, 2.24) is 24.6 Å². The lowest BCUT2D eigenvalue weighted by Crippen LogP contribution is -2.36. The number of nitrogens with zero attached hydrogens (tertiary/aromatic N) is 5. The molecule has 24 heavy (non-hydrogen) atoms. The zero-order chi connectivity index (χ0) is 16.5. The lowest BCUT2D eigenvalue weighted by Gasteiger charge is -2.35. The van der Waals surface area contributed by atoms with Crippen molar-refractivity contribution in [3.8, 4) is 5.88 Å². The maximum absolute atomic E-state index is 10.5. The monoisotopic (exact) mass is 329 g/mol. The summed E-state index contributed by atoms with van der Waals surface area (Å²) in [7, 11) is 1.64. The Labute approximate surface area is 141 Å². The highest BCUT2D eigenvalue weighted by Gasteiger charge is 2.42. The van der Waals surface area contributed by atoms with Crippen molar-refractivity contribution in [2.24, 2.45) is 11.8 Å². The summed E-state index contributed by atoms with van der Waals surface area (Å²) in [5.74, 6) is 1.80. The maximum Gasteiger partial charge on any atom is 0.213 e. The van der Waals surface area contributed by atoms with Gasteiger partial charge in [-0.15, -0.1) is 0 Å². The summed E-state index contributed by atoms with van der Waals surface area (Å²) in [6, 6.07) is 5.93. The van der Waals surface area contributed by atoms with E-state index in [4.69, 9.17) is 4.74 Å². The van der Waals surface area contributed by atoms with Crippen molar-refractivity contribution in [1.29, 1.82) is 0 Å². The third-order valence-corrected chi connectivity index (χ3v) is 5.34. The molecule has 1 saturated carbocycles. The topological polar surface area (TPSA) is 76.3 Å². The van der Waals surface area contributed by atoms with Crippen LogP contribution >= 0.6 is 0 Å². The van der Waals surface area contributed by atoms with Crippen molar-refractivity contribution < 1.29 is 9.84 Å². The van der Waals surface area contributed by atoms with Gasteiger partial charge in [0.25, 0.3) is 0 Å². The highest BCUT2D eigenvalue weighted by molar-refractivity contribution is 5.15. The molecule has 0 aromatic carbocycles. The molecule has 4 atom stereocenters. The van der Waals surface area contributed by atoms with Crippen LogP contribution in [0.3, 0.4) is 0 Å². The Morgan fingerprint density at radius 1 is 1.25 bits per heavy atom. The number of hydrogen-bond acceptors (Lipinski definition) is 6. The van der Waals surface area contributed by atoms with Gasteiger partial charge in [0, 0.05) is 25.7 Å². The summed E-state index contributed by atoms with van der Waals surface area (Å²) in [6.07, 6.45) is 4.69. The molecule has 1 aliphatic heterocycles. The maximum atomic E-state index is 10.5. The second kappa shape index (κ2) is 6.49. The van der Waals surface area contributed by atoms with E-state index in [2.05, 4.69) is 20.0 Å². The predicted molar refractivity (Wildman–Crippen MR) is 87.3 cm³/mol. The smallest absolute Gasteiger partial charge is 0.213 e. The molecule has 128 valence electrons. The van der Waals surface area contributed by atoms with Gasteiger partial charge in [0.2, 0.25) is 5.88 Å². The second-order valence-corrected chi connectivity index (χ2v) is 6.87. The molecular formula is C17H23N5O2. The number of aliphatic hydroxyl groups is 1. The number of aliphatic hydroxyl groups excluding tert-OH is 1. The van der Waals surface area contributed by atoms with Crippen LogP contribution in [0.4, 0.5) is 0 Å². The second-order valence-electron chi connectivity index (χ2n) is 6.87. The van der Waals surface area contributed by atoms with Gasteiger partial charge in [0.1, 0.15) is 12.7 Å². The lowest BCUT2D eigenvalue weighted by molar-refractivity contribution is 0.0304. The number of fused-ring (bicyclic) bond motifs is 1. The van der Waals surface area contributed by atoms with Crippen LogP contribution in [0.2, 0.25) is 0 Å². The first-order chi connectivity index (χ1) is 11.7. The molecule has 0 amide bonds. The first-order valence-electron chi connectivity index (χ1n) is 8.47. The van der Waals surface area contributed by atoms with E-state index in [0.29, 0.717) is 17.7 Å². The fourth-order valence-corrected chi connectivity index (χ4v) is 4.19. The zero-order valence-electron chi connectivity index (χ0n) is 13.8. The summed E-state index contributed by atoms with van der Waals surface area (Å²) >= 11 is 0. The summed E-state index contributed by atoms with van der Waals surface area (Å²) in [5.41, 5.74) is 1.03. The molecule has 0 spiro atoms. The Morgan fingerprint density at radius 2 is 2.08 bits per heavy atom. The van der Waals surface area contributed by atoms with Crippen LogP contribution in [-0.2, 0) is 6.54 Å². The highest BCUT2D eigenvalue weighted by atomic mass is 16.5. The molecule has 2 fully saturated rings. The van der Waals surface area contributed by atoms with E-state index in [-0.39, 0.29) is 12.1 Å². The quantitative estimate of drug-likeness (QED) is 0.906. The molecule has 0 unspecified atom stereocenters. The summed E-state index contributed by atoms with van der Waals surface area (Å²) in [4.78, 5) is 11.0. The molecule has 1 aliphatic carbocycles. The van der Waals surface area contributed by atoms with E-state index >= 15 is 0 Å². The Balaban J connectivity index is 1.42. The van der Waals surface area contributed by atoms with E-state index in [1.54, 1.807) is 13.4 Å². The Kier molecular flexibility index (Phi) is 4.20. The Bertz CT molecular complexity index is 677. The van der Waals surface area contributed by atoms with Gasteiger partial charge in [0.15, 0.2) is 0 Å². The van der Waals surface area contributed by atoms with Gasteiger partial charge >= 0.3 is 0 Å². The zero-order valence-corrected chi connectivity index (χ0v) is 13.8. The molecular weight excluding hydrogens is 306 g/mol. The third kappa shape index (κ3) is 3.01. The van der Waals surface area contributed by atoms with E-state index in [1.807, 2.05) is 22.9 Å². The number of aromatic nitrogens is 4. The first kappa shape index (κ1) is 15.5. The summed E-state index contributed by atoms with van der Waals surface area (Å²) in [6.45, 7) is 2.89. The van der Waals surface area contributed by atoms with Gasteiger partial charge in [-0.25, -0.2) is 14.6 Å². The molecule has 1 saturated heterocycles. The molecule has 1 N–H and O–H groups in total. The van der Waals surface area contributed by atoms with Crippen molar-refractivity contribution in [2.75, 3.05) is 20.2 Å². The fourth-order valence-electron chi connectivity index (χ4n) is 4.19. The van der Waals surface area contributed by atoms with E-state index in [9.17, 15) is 5.11 Å². The molecule has 7 heteroatoms. The molecule has 2 aliphatic rings. The fraction of sp³-hybridized carbons (Fsp3) is 0.588. The average Bonchev–Trinajstić information content (AvgIpc) is 3.23. The standard InChI is InChI=1S/C17H23N5O2/c1-24-17-4-2-3-14(20-17)9-21-7-12-5-15(22-11-18-10-19-22)16(23)6-13(12)8-21/h2-4,10-13,15-16,23H,5-9H2,1H3/t12-,13+,15-,16-/m1/s1. The molecule has 3 heterocycles. The molecule has 0 bridgehead atoms. The van der Waals surface area contributed by atoms with Gasteiger partial charge in [-0.05, 0) is 30.7 Å². The number of ether oxygens (including phenoxy) is 1. The minimum atomic E-state index is -0.345. The molecule has 0 radical (unpaired) electrons. The van der Waals surface area contributed by atoms with E-state index in [0.717, 1.165) is 38.2 Å². The average molecular weight is 329 g/mol. The number of methoxy groups -OCH3 is 1. The van der Waals surface area contributed by atoms with Crippen LogP contribution in [0.1, 0.15) is 24.6 Å². The summed E-state index contributed by atoms with van der Waals surface area (Å²) < 4.78 is 7.02. The minimum Gasteiger partial charge on any atom is -0.481 e. The van der Waals surface area contributed by atoms with Crippen LogP contribution in [0.25, 0.3) is 0 Å². The molecule has 4 rings (SSSR count). The van der Waals surface area contributed by atoms with Crippen LogP contribution < -0.4 is 4.74 Å². The Hall–Kier alpha value is -1.99. The van der Waals surface area contributed by atoms with Crippen LogP contribution in [0.15, 0.2) is 30.9 Å². The normalized spacial score (nSPS) is 30.2. The van der Waals surface area contributed by atoms with Crippen LogP contribution in [-0.4, -0.2) is 56.1 Å². The van der Waals surface area contributed by atoms with Crippen molar-refractivity contribution in [2.45, 2.75) is 31.5 Å². The van der Waals surface area contributed by atoms with Gasteiger partial charge in [0.05, 0.1) is 24.9 Å². The number of rotatable bonds is 4. The van der Waals surface area contributed by atoms with E-state index in [1.165, 1.54) is 6.33 Å². The first-order valence-corrected chi connectivity index (χ1v) is 8.47. The third-order valence-electron chi connectivity index (χ3n) is 5.34. The van der Waals surface area contributed by atoms with Gasteiger partial charge in [-0.2, -0.15) is 5.10 Å². The lowest BCUT2D eigenvalue weighted by atomic mass is 9.77. The van der Waals surface area contributed by atoms with Crippen LogP contribution in [0, 0.1) is 11.8 Å². The summed E-state index contributed by atoms with van der Waals surface area (Å²) in [5, 5.41) is 14.7. The number of likely N-dealkylation sites (tertiary alicyclic amines) is 1. The SMILES string of the molecule is COc1cccc(CN2C[C@H]3C[C@@H](n4cncn4)[C@H](O)C[C@H]3C2)n1. The molecule has 2 aromatic heterocycles. The van der Waals surface area contributed by atoms with Gasteiger partial charge < -0.3 is 9.84 Å². The number of hydrogen-bond donors (Lipinski definition) is 1.